The molecule has 98 valence electrons. The molecule has 1 N–H and O–H groups in total. The van der Waals surface area contributed by atoms with E-state index in [9.17, 15) is 0 Å². The van der Waals surface area contributed by atoms with Gasteiger partial charge in [-0.3, -0.25) is 0 Å². The van der Waals surface area contributed by atoms with E-state index in [0.717, 1.165) is 22.1 Å². The van der Waals surface area contributed by atoms with Gasteiger partial charge < -0.3 is 9.73 Å². The van der Waals surface area contributed by atoms with Crippen LogP contribution in [-0.2, 0) is 6.54 Å². The van der Waals surface area contributed by atoms with Crippen LogP contribution in [0.3, 0.4) is 0 Å². The van der Waals surface area contributed by atoms with E-state index in [2.05, 4.69) is 33.5 Å². The van der Waals surface area contributed by atoms with Crippen molar-refractivity contribution in [1.82, 2.24) is 14.3 Å². The fourth-order valence-corrected chi connectivity index (χ4v) is 2.39. The zero-order chi connectivity index (χ0) is 13.2. The Labute approximate surface area is 114 Å². The van der Waals surface area contributed by atoms with Crippen LogP contribution in [0, 0.1) is 0 Å². The van der Waals surface area contributed by atoms with E-state index < -0.39 is 0 Å². The van der Waals surface area contributed by atoms with Gasteiger partial charge in [-0.15, -0.1) is 0 Å². The van der Waals surface area contributed by atoms with E-state index in [1.807, 2.05) is 24.3 Å². The van der Waals surface area contributed by atoms with E-state index in [0.29, 0.717) is 18.4 Å². The first kappa shape index (κ1) is 12.1. The molecule has 19 heavy (non-hydrogen) atoms. The van der Waals surface area contributed by atoms with Gasteiger partial charge in [-0.05, 0) is 12.1 Å². The molecule has 6 heteroatoms. The van der Waals surface area contributed by atoms with Crippen molar-refractivity contribution in [1.29, 1.82) is 0 Å². The molecule has 2 heterocycles. The molecule has 0 saturated heterocycles. The van der Waals surface area contributed by atoms with Crippen LogP contribution in [0.5, 0.6) is 0 Å². The first-order chi connectivity index (χ1) is 9.22. The van der Waals surface area contributed by atoms with Gasteiger partial charge in [0.05, 0.1) is 6.54 Å². The Morgan fingerprint density at radius 3 is 2.84 bits per heavy atom. The van der Waals surface area contributed by atoms with Crippen LogP contribution >= 0.6 is 11.5 Å². The maximum absolute atomic E-state index is 5.63. The summed E-state index contributed by atoms with van der Waals surface area (Å²) in [7, 11) is 0. The molecule has 0 bridgehead atoms. The molecule has 0 aliphatic heterocycles. The first-order valence-corrected chi connectivity index (χ1v) is 6.91. The average molecular weight is 274 g/mol. The van der Waals surface area contributed by atoms with Crippen LogP contribution in [0.15, 0.2) is 28.7 Å². The molecule has 0 unspecified atom stereocenters. The Morgan fingerprint density at radius 1 is 1.26 bits per heavy atom. The highest BCUT2D eigenvalue weighted by atomic mass is 32.1. The Kier molecular flexibility index (Phi) is 3.16. The molecule has 0 saturated carbocycles. The summed E-state index contributed by atoms with van der Waals surface area (Å²) >= 11 is 1.36. The second-order valence-electron chi connectivity index (χ2n) is 4.54. The SMILES string of the molecule is CC(C)c1nsc(NCc2nc3ccccc3o2)n1. The van der Waals surface area contributed by atoms with Crippen molar-refractivity contribution >= 4 is 27.8 Å². The molecule has 0 amide bonds. The summed E-state index contributed by atoms with van der Waals surface area (Å²) in [6.07, 6.45) is 0. The third-order valence-corrected chi connectivity index (χ3v) is 3.37. The lowest BCUT2D eigenvalue weighted by Gasteiger charge is -1.97. The number of benzene rings is 1. The molecule has 3 aromatic rings. The van der Waals surface area contributed by atoms with Crippen molar-refractivity contribution in [3.05, 3.63) is 36.0 Å². The van der Waals surface area contributed by atoms with Crippen LogP contribution < -0.4 is 5.32 Å². The van der Waals surface area contributed by atoms with Crippen LogP contribution in [0.1, 0.15) is 31.5 Å². The van der Waals surface area contributed by atoms with Gasteiger partial charge in [-0.25, -0.2) is 9.97 Å². The normalized spacial score (nSPS) is 11.3. The summed E-state index contributed by atoms with van der Waals surface area (Å²) in [5.74, 6) is 1.86. The van der Waals surface area contributed by atoms with Gasteiger partial charge in [0.2, 0.25) is 11.0 Å². The van der Waals surface area contributed by atoms with E-state index >= 15 is 0 Å². The topological polar surface area (TPSA) is 63.8 Å². The number of nitrogens with one attached hydrogen (secondary N) is 1. The molecule has 0 spiro atoms. The summed E-state index contributed by atoms with van der Waals surface area (Å²) in [6.45, 7) is 4.67. The van der Waals surface area contributed by atoms with Crippen molar-refractivity contribution in [2.75, 3.05) is 5.32 Å². The van der Waals surface area contributed by atoms with Crippen molar-refractivity contribution in [2.24, 2.45) is 0 Å². The second kappa shape index (κ2) is 4.97. The summed E-state index contributed by atoms with van der Waals surface area (Å²) in [4.78, 5) is 8.80. The molecular formula is C13H14N4OS. The number of nitrogens with zero attached hydrogens (tertiary/aromatic N) is 3. The highest BCUT2D eigenvalue weighted by Gasteiger charge is 2.09. The van der Waals surface area contributed by atoms with Gasteiger partial charge in [0, 0.05) is 17.5 Å². The van der Waals surface area contributed by atoms with Crippen LogP contribution in [0.25, 0.3) is 11.1 Å². The standard InChI is InChI=1S/C13H14N4OS/c1-8(2)12-16-13(19-17-12)14-7-11-15-9-5-3-4-6-10(9)18-11/h3-6,8H,7H2,1-2H3,(H,14,16,17). The maximum atomic E-state index is 5.63. The molecule has 1 aromatic carbocycles. The highest BCUT2D eigenvalue weighted by Crippen LogP contribution is 2.19. The number of aromatic nitrogens is 3. The number of rotatable bonds is 4. The molecule has 2 aromatic heterocycles. The van der Waals surface area contributed by atoms with Crippen molar-refractivity contribution < 1.29 is 4.42 Å². The zero-order valence-electron chi connectivity index (χ0n) is 10.8. The fourth-order valence-electron chi connectivity index (χ4n) is 1.69. The lowest BCUT2D eigenvalue weighted by atomic mass is 10.2. The third kappa shape index (κ3) is 2.58. The maximum Gasteiger partial charge on any atom is 0.214 e. The van der Waals surface area contributed by atoms with Gasteiger partial charge in [0.25, 0.3) is 0 Å². The predicted octanol–water partition coefficient (Wildman–Crippen LogP) is 3.41. The summed E-state index contributed by atoms with van der Waals surface area (Å²) in [5, 5.41) is 3.98. The third-order valence-electron chi connectivity index (χ3n) is 2.69. The molecular weight excluding hydrogens is 260 g/mol. The smallest absolute Gasteiger partial charge is 0.214 e. The number of oxazole rings is 1. The Bertz CT molecular complexity index is 656. The van der Waals surface area contributed by atoms with Crippen molar-refractivity contribution in [3.8, 4) is 0 Å². The molecule has 3 rings (SSSR count). The minimum absolute atomic E-state index is 0.344. The average Bonchev–Trinajstić information content (AvgIpc) is 3.02. The quantitative estimate of drug-likeness (QED) is 0.789. The lowest BCUT2D eigenvalue weighted by Crippen LogP contribution is -1.99. The Morgan fingerprint density at radius 2 is 2.11 bits per heavy atom. The van der Waals surface area contributed by atoms with Gasteiger partial charge in [-0.2, -0.15) is 4.37 Å². The molecule has 0 atom stereocenters. The van der Waals surface area contributed by atoms with Gasteiger partial charge in [-0.1, -0.05) is 26.0 Å². The number of anilines is 1. The monoisotopic (exact) mass is 274 g/mol. The molecule has 0 radical (unpaired) electrons. The van der Waals surface area contributed by atoms with Crippen molar-refractivity contribution in [2.45, 2.75) is 26.3 Å². The fraction of sp³-hybridized carbons (Fsp3) is 0.308. The van der Waals surface area contributed by atoms with Gasteiger partial charge >= 0.3 is 0 Å². The Balaban J connectivity index is 1.71. The summed E-state index contributed by atoms with van der Waals surface area (Å²) in [5.41, 5.74) is 1.68. The summed E-state index contributed by atoms with van der Waals surface area (Å²) in [6, 6.07) is 7.73. The zero-order valence-corrected chi connectivity index (χ0v) is 11.6. The molecule has 0 aliphatic carbocycles. The number of fused-ring (bicyclic) bond motifs is 1. The van der Waals surface area contributed by atoms with E-state index in [1.165, 1.54) is 11.5 Å². The second-order valence-corrected chi connectivity index (χ2v) is 5.29. The first-order valence-electron chi connectivity index (χ1n) is 6.14. The lowest BCUT2D eigenvalue weighted by molar-refractivity contribution is 0.540. The van der Waals surface area contributed by atoms with E-state index in [-0.39, 0.29) is 0 Å². The number of para-hydroxylation sites is 2. The molecule has 0 aliphatic rings. The largest absolute Gasteiger partial charge is 0.439 e. The highest BCUT2D eigenvalue weighted by molar-refractivity contribution is 7.09. The van der Waals surface area contributed by atoms with E-state index in [1.54, 1.807) is 0 Å². The number of hydrogen-bond acceptors (Lipinski definition) is 6. The van der Waals surface area contributed by atoms with Crippen LogP contribution in [-0.4, -0.2) is 14.3 Å². The summed E-state index contributed by atoms with van der Waals surface area (Å²) < 4.78 is 9.91. The predicted molar refractivity (Wildman–Crippen MR) is 75.3 cm³/mol. The molecule has 0 fully saturated rings. The van der Waals surface area contributed by atoms with Crippen LogP contribution in [0.2, 0.25) is 0 Å². The van der Waals surface area contributed by atoms with Gasteiger partial charge in [0.1, 0.15) is 11.3 Å². The molecule has 5 nitrogen and oxygen atoms in total. The minimum atomic E-state index is 0.344. The Hall–Kier alpha value is -1.95. The minimum Gasteiger partial charge on any atom is -0.439 e. The number of hydrogen-bond donors (Lipinski definition) is 1. The van der Waals surface area contributed by atoms with Crippen molar-refractivity contribution in [3.63, 3.8) is 0 Å². The van der Waals surface area contributed by atoms with Gasteiger partial charge in [0.15, 0.2) is 5.58 Å². The van der Waals surface area contributed by atoms with E-state index in [4.69, 9.17) is 4.42 Å². The van der Waals surface area contributed by atoms with Crippen LogP contribution in [0.4, 0.5) is 5.13 Å².